The van der Waals surface area contributed by atoms with Crippen LogP contribution in [0, 0.1) is 5.82 Å². The Labute approximate surface area is 75.3 Å². The summed E-state index contributed by atoms with van der Waals surface area (Å²) in [4.78, 5) is 10.5. The van der Waals surface area contributed by atoms with Gasteiger partial charge in [0.25, 0.3) is 0 Å². The molecule has 1 aromatic carbocycles. The Bertz CT molecular complexity index is 297. The zero-order valence-corrected chi connectivity index (χ0v) is 7.16. The zero-order valence-electron chi connectivity index (χ0n) is 7.16. The van der Waals surface area contributed by atoms with Crippen molar-refractivity contribution in [1.29, 1.82) is 0 Å². The summed E-state index contributed by atoms with van der Waals surface area (Å²) in [5, 5.41) is 0. The van der Waals surface area contributed by atoms with Crippen LogP contribution in [0.5, 0.6) is 0 Å². The maximum atomic E-state index is 12.5. The molecule has 0 aliphatic rings. The van der Waals surface area contributed by atoms with Gasteiger partial charge in [0.1, 0.15) is 5.82 Å². The molecule has 0 saturated heterocycles. The van der Waals surface area contributed by atoms with E-state index in [1.54, 1.807) is 0 Å². The predicted molar refractivity (Wildman–Crippen MR) is 45.1 cm³/mol. The quantitative estimate of drug-likeness (QED) is 0.556. The Hall–Kier alpha value is -1.42. The van der Waals surface area contributed by atoms with Gasteiger partial charge in [0, 0.05) is 12.5 Å². The van der Waals surface area contributed by atoms with Crippen LogP contribution in [0.4, 0.5) is 4.39 Å². The highest BCUT2D eigenvalue weighted by atomic mass is 19.1. The van der Waals surface area contributed by atoms with E-state index in [0.717, 1.165) is 0 Å². The number of rotatable bonds is 2. The molecule has 3 nitrogen and oxygen atoms in total. The molecule has 0 amide bonds. The molecule has 1 atom stereocenters. The largest absolute Gasteiger partial charge is 0.443 e. The third kappa shape index (κ3) is 2.83. The number of hydrogen-bond acceptors (Lipinski definition) is 3. The Morgan fingerprint density at radius 3 is 2.46 bits per heavy atom. The van der Waals surface area contributed by atoms with E-state index in [1.807, 2.05) is 0 Å². The minimum atomic E-state index is -0.821. The fourth-order valence-corrected chi connectivity index (χ4v) is 0.899. The maximum Gasteiger partial charge on any atom is 0.304 e. The van der Waals surface area contributed by atoms with E-state index in [4.69, 9.17) is 10.5 Å². The van der Waals surface area contributed by atoms with Gasteiger partial charge in [0.05, 0.1) is 0 Å². The normalized spacial score (nSPS) is 12.2. The number of ether oxygens (including phenoxy) is 1. The summed E-state index contributed by atoms with van der Waals surface area (Å²) in [5.41, 5.74) is 6.05. The van der Waals surface area contributed by atoms with Crippen molar-refractivity contribution >= 4 is 5.97 Å². The molecule has 0 aliphatic heterocycles. The first kappa shape index (κ1) is 9.67. The molecule has 0 radical (unpaired) electrons. The zero-order chi connectivity index (χ0) is 9.84. The van der Waals surface area contributed by atoms with Crippen LogP contribution in [0.1, 0.15) is 18.7 Å². The minimum absolute atomic E-state index is 0.348. The van der Waals surface area contributed by atoms with Crippen LogP contribution < -0.4 is 5.73 Å². The number of esters is 1. The third-order valence-electron chi connectivity index (χ3n) is 1.49. The van der Waals surface area contributed by atoms with Crippen LogP contribution in [0.2, 0.25) is 0 Å². The van der Waals surface area contributed by atoms with Crippen molar-refractivity contribution in [2.24, 2.45) is 5.73 Å². The first-order valence-corrected chi connectivity index (χ1v) is 3.78. The summed E-state index contributed by atoms with van der Waals surface area (Å²) >= 11 is 0. The second-order valence-corrected chi connectivity index (χ2v) is 2.58. The first-order valence-electron chi connectivity index (χ1n) is 3.78. The van der Waals surface area contributed by atoms with Crippen molar-refractivity contribution in [1.82, 2.24) is 0 Å². The minimum Gasteiger partial charge on any atom is -0.443 e. The van der Waals surface area contributed by atoms with Gasteiger partial charge in [0.15, 0.2) is 6.23 Å². The summed E-state index contributed by atoms with van der Waals surface area (Å²) in [6.45, 7) is 1.27. The number of carbonyl (C=O) groups is 1. The lowest BCUT2D eigenvalue weighted by molar-refractivity contribution is -0.146. The number of halogens is 1. The van der Waals surface area contributed by atoms with E-state index in [0.29, 0.717) is 5.56 Å². The molecular weight excluding hydrogens is 173 g/mol. The molecule has 0 heterocycles. The number of nitrogens with two attached hydrogens (primary N) is 1. The van der Waals surface area contributed by atoms with Gasteiger partial charge in [-0.1, -0.05) is 12.1 Å². The van der Waals surface area contributed by atoms with E-state index in [9.17, 15) is 9.18 Å². The molecule has 0 fully saturated rings. The lowest BCUT2D eigenvalue weighted by Crippen LogP contribution is -2.16. The van der Waals surface area contributed by atoms with Gasteiger partial charge >= 0.3 is 5.97 Å². The van der Waals surface area contributed by atoms with E-state index < -0.39 is 12.2 Å². The van der Waals surface area contributed by atoms with Gasteiger partial charge in [-0.25, -0.2) is 4.39 Å². The lowest BCUT2D eigenvalue weighted by atomic mass is 10.2. The van der Waals surface area contributed by atoms with Crippen LogP contribution in [0.3, 0.4) is 0 Å². The molecule has 0 aromatic heterocycles. The number of carbonyl (C=O) groups excluding carboxylic acids is 1. The topological polar surface area (TPSA) is 52.3 Å². The second kappa shape index (κ2) is 4.00. The third-order valence-corrected chi connectivity index (χ3v) is 1.49. The maximum absolute atomic E-state index is 12.5. The monoisotopic (exact) mass is 183 g/mol. The van der Waals surface area contributed by atoms with Gasteiger partial charge in [-0.2, -0.15) is 0 Å². The molecule has 4 heteroatoms. The fourth-order valence-electron chi connectivity index (χ4n) is 0.899. The van der Waals surface area contributed by atoms with Crippen molar-refractivity contribution in [3.63, 3.8) is 0 Å². The van der Waals surface area contributed by atoms with Crippen molar-refractivity contribution in [2.45, 2.75) is 13.2 Å². The number of benzene rings is 1. The molecule has 0 saturated carbocycles. The molecule has 13 heavy (non-hydrogen) atoms. The van der Waals surface area contributed by atoms with Crippen LogP contribution in [0.15, 0.2) is 24.3 Å². The predicted octanol–water partition coefficient (Wildman–Crippen LogP) is 1.35. The Morgan fingerprint density at radius 2 is 2.00 bits per heavy atom. The summed E-state index contributed by atoms with van der Waals surface area (Å²) in [6, 6.07) is 5.48. The molecule has 0 unspecified atom stereocenters. The highest BCUT2D eigenvalue weighted by Crippen LogP contribution is 2.12. The molecule has 2 N–H and O–H groups in total. The van der Waals surface area contributed by atoms with E-state index in [1.165, 1.54) is 31.2 Å². The SMILES string of the molecule is CC(=O)O[C@@H](N)c1ccc(F)cc1. The molecule has 1 rings (SSSR count). The van der Waals surface area contributed by atoms with Crippen molar-refractivity contribution < 1.29 is 13.9 Å². The summed E-state index contributed by atoms with van der Waals surface area (Å²) in [6.07, 6.45) is -0.821. The highest BCUT2D eigenvalue weighted by Gasteiger charge is 2.07. The fraction of sp³-hybridized carbons (Fsp3) is 0.222. The van der Waals surface area contributed by atoms with Crippen LogP contribution in [-0.4, -0.2) is 5.97 Å². The average molecular weight is 183 g/mol. The molecule has 0 spiro atoms. The Balaban J connectivity index is 2.71. The van der Waals surface area contributed by atoms with Crippen molar-refractivity contribution in [3.05, 3.63) is 35.6 Å². The smallest absolute Gasteiger partial charge is 0.304 e. The van der Waals surface area contributed by atoms with E-state index >= 15 is 0 Å². The Kier molecular flexibility index (Phi) is 2.97. The van der Waals surface area contributed by atoms with Gasteiger partial charge in [0.2, 0.25) is 0 Å². The van der Waals surface area contributed by atoms with Gasteiger partial charge in [-0.3, -0.25) is 10.5 Å². The first-order chi connectivity index (χ1) is 6.09. The molecule has 0 bridgehead atoms. The molecule has 70 valence electrons. The van der Waals surface area contributed by atoms with Crippen LogP contribution in [-0.2, 0) is 9.53 Å². The standard InChI is InChI=1S/C9H10FNO2/c1-6(12)13-9(11)7-2-4-8(10)5-3-7/h2-5,9H,11H2,1H3/t9-/m1/s1. The highest BCUT2D eigenvalue weighted by molar-refractivity contribution is 5.66. The van der Waals surface area contributed by atoms with E-state index in [2.05, 4.69) is 0 Å². The van der Waals surface area contributed by atoms with Gasteiger partial charge < -0.3 is 4.74 Å². The summed E-state index contributed by atoms with van der Waals surface area (Å²) in [5.74, 6) is -0.810. The molecule has 1 aromatic rings. The summed E-state index contributed by atoms with van der Waals surface area (Å²) < 4.78 is 17.2. The number of hydrogen-bond donors (Lipinski definition) is 1. The van der Waals surface area contributed by atoms with Crippen molar-refractivity contribution in [2.75, 3.05) is 0 Å². The van der Waals surface area contributed by atoms with Crippen LogP contribution in [0.25, 0.3) is 0 Å². The average Bonchev–Trinajstić information content (AvgIpc) is 2.04. The van der Waals surface area contributed by atoms with Crippen molar-refractivity contribution in [3.8, 4) is 0 Å². The van der Waals surface area contributed by atoms with Crippen LogP contribution >= 0.6 is 0 Å². The van der Waals surface area contributed by atoms with Gasteiger partial charge in [-0.05, 0) is 12.1 Å². The molecular formula is C9H10FNO2. The Morgan fingerprint density at radius 1 is 1.46 bits per heavy atom. The second-order valence-electron chi connectivity index (χ2n) is 2.58. The lowest BCUT2D eigenvalue weighted by Gasteiger charge is -2.11. The van der Waals surface area contributed by atoms with E-state index in [-0.39, 0.29) is 5.82 Å². The van der Waals surface area contributed by atoms with Gasteiger partial charge in [-0.15, -0.1) is 0 Å². The summed E-state index contributed by atoms with van der Waals surface area (Å²) in [7, 11) is 0. The molecule has 0 aliphatic carbocycles.